The summed E-state index contributed by atoms with van der Waals surface area (Å²) in [4.78, 5) is 0. The molecule has 74 valence electrons. The lowest BCUT2D eigenvalue weighted by molar-refractivity contribution is 0.0440. The third kappa shape index (κ3) is 6.43. The van der Waals surface area contributed by atoms with E-state index in [1.54, 1.807) is 0 Å². The van der Waals surface area contributed by atoms with Gasteiger partial charge in [-0.05, 0) is 12.8 Å². The van der Waals surface area contributed by atoms with Gasteiger partial charge in [-0.2, -0.15) is 0 Å². The second-order valence-corrected chi connectivity index (χ2v) is 2.74. The van der Waals surface area contributed by atoms with Crippen LogP contribution in [0.2, 0.25) is 0 Å². The third-order valence-electron chi connectivity index (χ3n) is 1.64. The lowest BCUT2D eigenvalue weighted by Crippen LogP contribution is -2.11. The van der Waals surface area contributed by atoms with Crippen molar-refractivity contribution in [1.29, 1.82) is 0 Å². The third-order valence-corrected chi connectivity index (χ3v) is 1.64. The van der Waals surface area contributed by atoms with Crippen molar-refractivity contribution in [3.63, 3.8) is 0 Å². The van der Waals surface area contributed by atoms with Crippen molar-refractivity contribution in [1.82, 2.24) is 0 Å². The summed E-state index contributed by atoms with van der Waals surface area (Å²) in [6, 6.07) is 0. The van der Waals surface area contributed by atoms with Gasteiger partial charge in [0.05, 0.1) is 6.67 Å². The summed E-state index contributed by atoms with van der Waals surface area (Å²) in [5.41, 5.74) is 0. The van der Waals surface area contributed by atoms with Gasteiger partial charge in [0.25, 0.3) is 6.43 Å². The van der Waals surface area contributed by atoms with Crippen LogP contribution in [0.4, 0.5) is 17.6 Å². The Balaban J connectivity index is 3.08. The van der Waals surface area contributed by atoms with Crippen molar-refractivity contribution in [3.05, 3.63) is 0 Å². The molecule has 0 N–H and O–H groups in total. The molecule has 0 aromatic carbocycles. The predicted molar refractivity (Wildman–Crippen MR) is 40.0 cm³/mol. The van der Waals surface area contributed by atoms with E-state index in [0.29, 0.717) is 25.7 Å². The molecule has 4 heteroatoms. The lowest BCUT2D eigenvalue weighted by atomic mass is 10.1. The number of halogens is 4. The zero-order chi connectivity index (χ0) is 9.40. The fraction of sp³-hybridized carbons (Fsp3) is 1.00. The molecule has 0 amide bonds. The molecule has 0 aliphatic heterocycles. The summed E-state index contributed by atoms with van der Waals surface area (Å²) in [5.74, 6) is 0. The standard InChI is InChI=1S/C8H14F4/c9-6-4-2-1-3-5-7(10)8(11)12/h7-8H,1-6H2. The van der Waals surface area contributed by atoms with Crippen LogP contribution in [-0.4, -0.2) is 19.3 Å². The van der Waals surface area contributed by atoms with Gasteiger partial charge < -0.3 is 0 Å². The Morgan fingerprint density at radius 1 is 0.833 bits per heavy atom. The SMILES string of the molecule is FCCCCCCC(F)C(F)F. The van der Waals surface area contributed by atoms with Crippen LogP contribution in [0.1, 0.15) is 32.1 Å². The molecular weight excluding hydrogens is 172 g/mol. The van der Waals surface area contributed by atoms with E-state index < -0.39 is 12.6 Å². The molecule has 1 unspecified atom stereocenters. The van der Waals surface area contributed by atoms with E-state index >= 15 is 0 Å². The molecule has 0 nitrogen and oxygen atoms in total. The van der Waals surface area contributed by atoms with Gasteiger partial charge in [0.15, 0.2) is 6.17 Å². The maximum absolute atomic E-state index is 12.2. The number of rotatable bonds is 7. The molecule has 0 aliphatic carbocycles. The van der Waals surface area contributed by atoms with E-state index in [0.717, 1.165) is 0 Å². The summed E-state index contributed by atoms with van der Waals surface area (Å²) >= 11 is 0. The smallest absolute Gasteiger partial charge is 0.251 e. The van der Waals surface area contributed by atoms with Crippen molar-refractivity contribution >= 4 is 0 Å². The summed E-state index contributed by atoms with van der Waals surface area (Å²) < 4.78 is 46.9. The Bertz CT molecular complexity index is 95.1. The van der Waals surface area contributed by atoms with Crippen LogP contribution in [0.3, 0.4) is 0 Å². The summed E-state index contributed by atoms with van der Waals surface area (Å²) in [7, 11) is 0. The maximum atomic E-state index is 12.2. The average molecular weight is 186 g/mol. The fourth-order valence-corrected chi connectivity index (χ4v) is 0.913. The Hall–Kier alpha value is -0.280. The Kier molecular flexibility index (Phi) is 7.20. The highest BCUT2D eigenvalue weighted by Crippen LogP contribution is 2.14. The van der Waals surface area contributed by atoms with Gasteiger partial charge in [-0.25, -0.2) is 13.2 Å². The minimum atomic E-state index is -2.87. The predicted octanol–water partition coefficient (Wildman–Crippen LogP) is 3.51. The molecule has 0 saturated heterocycles. The number of unbranched alkanes of at least 4 members (excludes halogenated alkanes) is 3. The van der Waals surface area contributed by atoms with E-state index in [2.05, 4.69) is 0 Å². The Morgan fingerprint density at radius 3 is 1.92 bits per heavy atom. The fourth-order valence-electron chi connectivity index (χ4n) is 0.913. The summed E-state index contributed by atoms with van der Waals surface area (Å²) in [6.45, 7) is -0.381. The largest absolute Gasteiger partial charge is 0.269 e. The molecule has 0 fully saturated rings. The maximum Gasteiger partial charge on any atom is 0.269 e. The summed E-state index contributed by atoms with van der Waals surface area (Å²) in [6.07, 6.45) is -2.81. The molecule has 0 bridgehead atoms. The number of hydrogen-bond donors (Lipinski definition) is 0. The first-order valence-electron chi connectivity index (χ1n) is 4.16. The van der Waals surface area contributed by atoms with Gasteiger partial charge in [0.2, 0.25) is 0 Å². The highest BCUT2D eigenvalue weighted by molar-refractivity contribution is 4.58. The van der Waals surface area contributed by atoms with Crippen molar-refractivity contribution in [3.8, 4) is 0 Å². The highest BCUT2D eigenvalue weighted by atomic mass is 19.3. The van der Waals surface area contributed by atoms with E-state index in [9.17, 15) is 17.6 Å². The molecular formula is C8H14F4. The van der Waals surface area contributed by atoms with E-state index in [1.165, 1.54) is 0 Å². The normalized spacial score (nSPS) is 13.8. The van der Waals surface area contributed by atoms with Crippen LogP contribution in [-0.2, 0) is 0 Å². The molecule has 0 saturated carbocycles. The Morgan fingerprint density at radius 2 is 1.42 bits per heavy atom. The first kappa shape index (κ1) is 11.7. The monoisotopic (exact) mass is 186 g/mol. The molecule has 12 heavy (non-hydrogen) atoms. The van der Waals surface area contributed by atoms with E-state index in [-0.39, 0.29) is 13.1 Å². The van der Waals surface area contributed by atoms with E-state index in [1.807, 2.05) is 0 Å². The van der Waals surface area contributed by atoms with Crippen LogP contribution in [0.5, 0.6) is 0 Å². The molecule has 1 atom stereocenters. The molecule has 0 aromatic rings. The van der Waals surface area contributed by atoms with Crippen molar-refractivity contribution in [2.75, 3.05) is 6.67 Å². The summed E-state index contributed by atoms with van der Waals surface area (Å²) in [5, 5.41) is 0. The average Bonchev–Trinajstić information content (AvgIpc) is 2.03. The van der Waals surface area contributed by atoms with Gasteiger partial charge in [-0.3, -0.25) is 4.39 Å². The van der Waals surface area contributed by atoms with Crippen LogP contribution in [0.25, 0.3) is 0 Å². The van der Waals surface area contributed by atoms with E-state index in [4.69, 9.17) is 0 Å². The van der Waals surface area contributed by atoms with Crippen molar-refractivity contribution in [2.24, 2.45) is 0 Å². The molecule has 0 spiro atoms. The Labute approximate surface area is 70.0 Å². The molecule has 0 rings (SSSR count). The first-order valence-corrected chi connectivity index (χ1v) is 4.16. The number of alkyl halides is 4. The number of hydrogen-bond acceptors (Lipinski definition) is 0. The zero-order valence-corrected chi connectivity index (χ0v) is 6.91. The van der Waals surface area contributed by atoms with Gasteiger partial charge in [-0.1, -0.05) is 19.3 Å². The van der Waals surface area contributed by atoms with Crippen LogP contribution in [0, 0.1) is 0 Å². The quantitative estimate of drug-likeness (QED) is 0.421. The lowest BCUT2D eigenvalue weighted by Gasteiger charge is -2.05. The highest BCUT2D eigenvalue weighted by Gasteiger charge is 2.17. The van der Waals surface area contributed by atoms with Gasteiger partial charge in [0, 0.05) is 0 Å². The molecule has 0 aromatic heterocycles. The molecule has 0 radical (unpaired) electrons. The molecule has 0 aliphatic rings. The second kappa shape index (κ2) is 7.37. The van der Waals surface area contributed by atoms with Gasteiger partial charge >= 0.3 is 0 Å². The van der Waals surface area contributed by atoms with Gasteiger partial charge in [-0.15, -0.1) is 0 Å². The minimum Gasteiger partial charge on any atom is -0.251 e. The van der Waals surface area contributed by atoms with Crippen LogP contribution in [0.15, 0.2) is 0 Å². The minimum absolute atomic E-state index is 0.107. The van der Waals surface area contributed by atoms with Crippen LogP contribution < -0.4 is 0 Å². The zero-order valence-electron chi connectivity index (χ0n) is 6.91. The second-order valence-electron chi connectivity index (χ2n) is 2.74. The molecule has 0 heterocycles. The topological polar surface area (TPSA) is 0 Å². The van der Waals surface area contributed by atoms with Crippen molar-refractivity contribution in [2.45, 2.75) is 44.7 Å². The van der Waals surface area contributed by atoms with Crippen molar-refractivity contribution < 1.29 is 17.6 Å². The van der Waals surface area contributed by atoms with Crippen LogP contribution >= 0.6 is 0 Å². The van der Waals surface area contributed by atoms with Gasteiger partial charge in [0.1, 0.15) is 0 Å². The first-order chi connectivity index (χ1) is 5.68.